The van der Waals surface area contributed by atoms with Gasteiger partial charge in [-0.05, 0) is 25.1 Å². The third-order valence-electron chi connectivity index (χ3n) is 4.06. The van der Waals surface area contributed by atoms with E-state index in [1.165, 1.54) is 18.4 Å². The molecule has 1 aromatic heterocycles. The maximum Gasteiger partial charge on any atom is 0.255 e. The number of halogens is 1. The van der Waals surface area contributed by atoms with E-state index in [0.717, 1.165) is 21.1 Å². The summed E-state index contributed by atoms with van der Waals surface area (Å²) in [5.74, 6) is 0.873. The zero-order valence-electron chi connectivity index (χ0n) is 15.2. The van der Waals surface area contributed by atoms with E-state index in [1.807, 2.05) is 31.2 Å². The van der Waals surface area contributed by atoms with Crippen molar-refractivity contribution in [3.8, 4) is 22.1 Å². The minimum absolute atomic E-state index is 0.221. The predicted molar refractivity (Wildman–Crippen MR) is 108 cm³/mol. The molecule has 0 fully saturated rings. The number of hydrogen-bond acceptors (Lipinski definition) is 5. The number of nitrogens with zero attached hydrogens (tertiary/aromatic N) is 1. The zero-order chi connectivity index (χ0) is 19.4. The molecule has 1 amide bonds. The molecule has 0 unspecified atom stereocenters. The van der Waals surface area contributed by atoms with Gasteiger partial charge in [0.25, 0.3) is 5.91 Å². The average molecular weight is 403 g/mol. The Labute approximate surface area is 166 Å². The van der Waals surface area contributed by atoms with Gasteiger partial charge in [0.1, 0.15) is 16.5 Å². The molecule has 1 heterocycles. The molecule has 1 N–H and O–H groups in total. The molecule has 3 rings (SSSR count). The SMILES string of the molecule is COc1ccc(C(=O)NCc2sc(-c3ccccc3Cl)nc2C)c(OC)c1. The molecule has 5 nitrogen and oxygen atoms in total. The van der Waals surface area contributed by atoms with Crippen molar-refractivity contribution in [1.29, 1.82) is 0 Å². The minimum Gasteiger partial charge on any atom is -0.497 e. The summed E-state index contributed by atoms with van der Waals surface area (Å²) in [5.41, 5.74) is 2.21. The van der Waals surface area contributed by atoms with Crippen LogP contribution in [0.25, 0.3) is 10.6 Å². The molecule has 0 aliphatic carbocycles. The highest BCUT2D eigenvalue weighted by Crippen LogP contribution is 2.32. The van der Waals surface area contributed by atoms with Gasteiger partial charge in [0, 0.05) is 16.5 Å². The highest BCUT2D eigenvalue weighted by atomic mass is 35.5. The van der Waals surface area contributed by atoms with E-state index in [-0.39, 0.29) is 5.91 Å². The van der Waals surface area contributed by atoms with E-state index >= 15 is 0 Å². The molecule has 140 valence electrons. The molecule has 2 aromatic carbocycles. The van der Waals surface area contributed by atoms with Gasteiger partial charge in [0.2, 0.25) is 0 Å². The predicted octanol–water partition coefficient (Wildman–Crippen LogP) is 4.72. The van der Waals surface area contributed by atoms with Crippen LogP contribution in [-0.4, -0.2) is 25.1 Å². The smallest absolute Gasteiger partial charge is 0.255 e. The number of rotatable bonds is 6. The van der Waals surface area contributed by atoms with Gasteiger partial charge in [-0.1, -0.05) is 29.8 Å². The fourth-order valence-corrected chi connectivity index (χ4v) is 3.91. The normalized spacial score (nSPS) is 10.5. The zero-order valence-corrected chi connectivity index (χ0v) is 16.8. The number of methoxy groups -OCH3 is 2. The number of amides is 1. The van der Waals surface area contributed by atoms with Gasteiger partial charge in [-0.25, -0.2) is 4.98 Å². The van der Waals surface area contributed by atoms with Crippen molar-refractivity contribution in [1.82, 2.24) is 10.3 Å². The van der Waals surface area contributed by atoms with Crippen molar-refractivity contribution >= 4 is 28.8 Å². The lowest BCUT2D eigenvalue weighted by Crippen LogP contribution is -2.23. The minimum atomic E-state index is -0.221. The highest BCUT2D eigenvalue weighted by molar-refractivity contribution is 7.15. The Balaban J connectivity index is 1.76. The summed E-state index contributed by atoms with van der Waals surface area (Å²) in [5, 5.41) is 4.42. The molecule has 0 atom stereocenters. The lowest BCUT2D eigenvalue weighted by Gasteiger charge is -2.10. The monoisotopic (exact) mass is 402 g/mol. The summed E-state index contributed by atoms with van der Waals surface area (Å²) in [4.78, 5) is 18.1. The van der Waals surface area contributed by atoms with Crippen LogP contribution in [0.1, 0.15) is 20.9 Å². The van der Waals surface area contributed by atoms with Crippen LogP contribution in [0.4, 0.5) is 0 Å². The fraction of sp³-hybridized carbons (Fsp3) is 0.200. The van der Waals surface area contributed by atoms with Crippen molar-refractivity contribution in [3.63, 3.8) is 0 Å². The molecule has 0 bridgehead atoms. The summed E-state index contributed by atoms with van der Waals surface area (Å²) in [6.07, 6.45) is 0. The van der Waals surface area contributed by atoms with Crippen LogP contribution < -0.4 is 14.8 Å². The standard InChI is InChI=1S/C20H19ClN2O3S/c1-12-18(27-20(23-12)14-6-4-5-7-16(14)21)11-22-19(24)15-9-8-13(25-2)10-17(15)26-3/h4-10H,11H2,1-3H3,(H,22,24). The first kappa shape index (κ1) is 19.2. The van der Waals surface area contributed by atoms with Crippen LogP contribution in [-0.2, 0) is 6.54 Å². The Kier molecular flexibility index (Phi) is 5.98. The van der Waals surface area contributed by atoms with Crippen LogP contribution in [0.2, 0.25) is 5.02 Å². The Morgan fingerprint density at radius 3 is 2.67 bits per heavy atom. The second-order valence-corrected chi connectivity index (χ2v) is 7.25. The number of thiazole rings is 1. The van der Waals surface area contributed by atoms with Gasteiger partial charge >= 0.3 is 0 Å². The number of aromatic nitrogens is 1. The third-order valence-corrected chi connectivity index (χ3v) is 5.58. The van der Waals surface area contributed by atoms with Crippen molar-refractivity contribution < 1.29 is 14.3 Å². The molecule has 0 spiro atoms. The van der Waals surface area contributed by atoms with E-state index in [9.17, 15) is 4.79 Å². The third kappa shape index (κ3) is 4.23. The molecule has 27 heavy (non-hydrogen) atoms. The molecule has 0 aliphatic rings. The molecule has 0 aliphatic heterocycles. The van der Waals surface area contributed by atoms with E-state index in [1.54, 1.807) is 25.3 Å². The largest absolute Gasteiger partial charge is 0.497 e. The maximum absolute atomic E-state index is 12.6. The summed E-state index contributed by atoms with van der Waals surface area (Å²) in [6.45, 7) is 2.30. The van der Waals surface area contributed by atoms with Crippen molar-refractivity contribution in [2.75, 3.05) is 14.2 Å². The molecule has 0 saturated carbocycles. The van der Waals surface area contributed by atoms with Gasteiger partial charge in [0.05, 0.1) is 37.0 Å². The van der Waals surface area contributed by atoms with Crippen LogP contribution >= 0.6 is 22.9 Å². The molecular weight excluding hydrogens is 384 g/mol. The molecule has 0 radical (unpaired) electrons. The fourth-order valence-electron chi connectivity index (χ4n) is 2.58. The first-order chi connectivity index (χ1) is 13.0. The van der Waals surface area contributed by atoms with Crippen LogP contribution in [0.3, 0.4) is 0 Å². The lowest BCUT2D eigenvalue weighted by atomic mass is 10.1. The lowest BCUT2D eigenvalue weighted by molar-refractivity contribution is 0.0948. The van der Waals surface area contributed by atoms with Crippen molar-refractivity contribution in [2.24, 2.45) is 0 Å². The van der Waals surface area contributed by atoms with Gasteiger partial charge in [-0.3, -0.25) is 4.79 Å². The van der Waals surface area contributed by atoms with Crippen LogP contribution in [0, 0.1) is 6.92 Å². The van der Waals surface area contributed by atoms with Crippen LogP contribution in [0.15, 0.2) is 42.5 Å². The molecule has 0 saturated heterocycles. The maximum atomic E-state index is 12.6. The topological polar surface area (TPSA) is 60.5 Å². The van der Waals surface area contributed by atoms with Gasteiger partial charge in [0.15, 0.2) is 0 Å². The Morgan fingerprint density at radius 2 is 1.96 bits per heavy atom. The number of carbonyl (C=O) groups excluding carboxylic acids is 1. The quantitative estimate of drug-likeness (QED) is 0.648. The first-order valence-corrected chi connectivity index (χ1v) is 9.44. The summed E-state index contributed by atoms with van der Waals surface area (Å²) < 4.78 is 10.5. The molecule has 7 heteroatoms. The van der Waals surface area contributed by atoms with Gasteiger partial charge < -0.3 is 14.8 Å². The summed E-state index contributed by atoms with van der Waals surface area (Å²) in [6, 6.07) is 12.7. The number of aryl methyl sites for hydroxylation is 1. The molecule has 3 aromatic rings. The first-order valence-electron chi connectivity index (χ1n) is 8.25. The Bertz CT molecular complexity index is 972. The number of ether oxygens (including phenoxy) is 2. The van der Waals surface area contributed by atoms with Crippen LogP contribution in [0.5, 0.6) is 11.5 Å². The Morgan fingerprint density at radius 1 is 1.19 bits per heavy atom. The average Bonchev–Trinajstić information content (AvgIpc) is 3.06. The van der Waals surface area contributed by atoms with E-state index < -0.39 is 0 Å². The van der Waals surface area contributed by atoms with Crippen molar-refractivity contribution in [3.05, 3.63) is 63.6 Å². The van der Waals surface area contributed by atoms with Gasteiger partial charge in [-0.2, -0.15) is 0 Å². The van der Waals surface area contributed by atoms with Crippen molar-refractivity contribution in [2.45, 2.75) is 13.5 Å². The van der Waals surface area contributed by atoms with E-state index in [2.05, 4.69) is 10.3 Å². The number of carbonyl (C=O) groups is 1. The summed E-state index contributed by atoms with van der Waals surface area (Å²) in [7, 11) is 3.09. The van der Waals surface area contributed by atoms with E-state index in [4.69, 9.17) is 21.1 Å². The number of benzene rings is 2. The highest BCUT2D eigenvalue weighted by Gasteiger charge is 2.16. The van der Waals surface area contributed by atoms with Gasteiger partial charge in [-0.15, -0.1) is 11.3 Å². The molecular formula is C20H19ClN2O3S. The Hall–Kier alpha value is -2.57. The summed E-state index contributed by atoms with van der Waals surface area (Å²) >= 11 is 7.78. The van der Waals surface area contributed by atoms with E-state index in [0.29, 0.717) is 28.6 Å². The second kappa shape index (κ2) is 8.41. The second-order valence-electron chi connectivity index (χ2n) is 5.76. The number of hydrogen-bond donors (Lipinski definition) is 1. The number of nitrogens with one attached hydrogen (secondary N) is 1.